The van der Waals surface area contributed by atoms with Crippen molar-refractivity contribution in [3.05, 3.63) is 36.4 Å². The molecule has 4 aromatic rings. The Kier molecular flexibility index (Phi) is 6.32. The number of nitrogens with two attached hydrogens (primary N) is 1. The van der Waals surface area contributed by atoms with E-state index in [1.54, 1.807) is 0 Å². The van der Waals surface area contributed by atoms with Gasteiger partial charge in [0.15, 0.2) is 12.4 Å². The van der Waals surface area contributed by atoms with Crippen molar-refractivity contribution in [1.29, 1.82) is 0 Å². The lowest BCUT2D eigenvalue weighted by Crippen LogP contribution is -2.33. The van der Waals surface area contributed by atoms with Crippen LogP contribution in [-0.4, -0.2) is 64.5 Å². The normalized spacial score (nSPS) is 13.0. The van der Waals surface area contributed by atoms with Gasteiger partial charge >= 0.3 is 0 Å². The third-order valence-corrected chi connectivity index (χ3v) is 8.14. The number of nitrogens with one attached hydrogen (secondary N) is 1. The number of hydrogen-bond donors (Lipinski definition) is 5. The summed E-state index contributed by atoms with van der Waals surface area (Å²) in [6, 6.07) is 7.24. The molecule has 13 nitrogen and oxygen atoms in total. The molecular formula is C20H18N2O11S3. The zero-order chi connectivity index (χ0) is 26.6. The van der Waals surface area contributed by atoms with Crippen LogP contribution < -0.4 is 15.8 Å². The first kappa shape index (κ1) is 26.0. The third kappa shape index (κ3) is 4.43. The van der Waals surface area contributed by atoms with Crippen LogP contribution in [0, 0.1) is 0 Å². The van der Waals surface area contributed by atoms with Gasteiger partial charge in [0.25, 0.3) is 36.3 Å². The quantitative estimate of drug-likeness (QED) is 0.149. The first-order valence-corrected chi connectivity index (χ1v) is 14.3. The average Bonchev–Trinajstić information content (AvgIpc) is 2.76. The Bertz CT molecular complexity index is 1810. The highest BCUT2D eigenvalue weighted by Crippen LogP contribution is 2.47. The molecule has 0 spiro atoms. The van der Waals surface area contributed by atoms with Gasteiger partial charge in [-0.1, -0.05) is 30.3 Å². The Morgan fingerprint density at radius 1 is 0.778 bits per heavy atom. The van der Waals surface area contributed by atoms with Gasteiger partial charge < -0.3 is 15.8 Å². The summed E-state index contributed by atoms with van der Waals surface area (Å²) < 4.78 is 109. The van der Waals surface area contributed by atoms with Gasteiger partial charge in [-0.05, 0) is 16.8 Å². The van der Waals surface area contributed by atoms with E-state index in [0.717, 1.165) is 18.2 Å². The zero-order valence-electron chi connectivity index (χ0n) is 18.0. The van der Waals surface area contributed by atoms with E-state index in [0.29, 0.717) is 5.39 Å². The van der Waals surface area contributed by atoms with Gasteiger partial charge in [-0.2, -0.15) is 25.3 Å². The van der Waals surface area contributed by atoms with Crippen molar-refractivity contribution >= 4 is 68.6 Å². The summed E-state index contributed by atoms with van der Waals surface area (Å²) >= 11 is 0. The average molecular weight is 559 g/mol. The number of benzene rings is 4. The molecule has 0 bridgehead atoms. The predicted octanol–water partition coefficient (Wildman–Crippen LogP) is 0.778. The second kappa shape index (κ2) is 8.77. The maximum atomic E-state index is 12.5. The van der Waals surface area contributed by atoms with Gasteiger partial charge in [-0.25, -0.2) is 0 Å². The van der Waals surface area contributed by atoms with E-state index in [-0.39, 0.29) is 40.0 Å². The zero-order valence-corrected chi connectivity index (χ0v) is 20.4. The first-order valence-electron chi connectivity index (χ1n) is 9.95. The third-order valence-electron chi connectivity index (χ3n) is 5.38. The van der Waals surface area contributed by atoms with Crippen LogP contribution in [0.5, 0.6) is 5.75 Å². The van der Waals surface area contributed by atoms with Crippen LogP contribution in [0.3, 0.4) is 0 Å². The minimum absolute atomic E-state index is 0.0298. The highest BCUT2D eigenvalue weighted by molar-refractivity contribution is 7.87. The molecule has 16 heteroatoms. The van der Waals surface area contributed by atoms with Gasteiger partial charge in [-0.15, -0.1) is 0 Å². The van der Waals surface area contributed by atoms with Gasteiger partial charge in [0.05, 0.1) is 0 Å². The summed E-state index contributed by atoms with van der Waals surface area (Å²) in [7, 11) is -15.3. The minimum atomic E-state index is -5.26. The standard InChI is InChI=1S/C20H18N2O11S3/c21-7-8-22-15(23)9-33-18-19(35(27,28)29)12-3-1-10-2-6-14(34(24,25)26)11-4-5-13(17(12)16(10)11)20(18)36(30,31)32/h1-6H,7-9,21H2,(H,22,23)(H,24,25,26)(H,27,28,29)(H,30,31,32). The van der Waals surface area contributed by atoms with E-state index in [1.807, 2.05) is 0 Å². The molecule has 0 atom stereocenters. The van der Waals surface area contributed by atoms with E-state index in [4.69, 9.17) is 10.5 Å². The molecule has 4 rings (SSSR count). The Labute approximate surface area is 204 Å². The fraction of sp³-hybridized carbons (Fsp3) is 0.150. The second-order valence-electron chi connectivity index (χ2n) is 7.65. The molecule has 0 aromatic heterocycles. The molecule has 192 valence electrons. The maximum absolute atomic E-state index is 12.5. The molecule has 0 aliphatic rings. The number of amides is 1. The van der Waals surface area contributed by atoms with Gasteiger partial charge in [0.2, 0.25) is 0 Å². The monoisotopic (exact) mass is 558 g/mol. The van der Waals surface area contributed by atoms with E-state index >= 15 is 0 Å². The molecule has 0 unspecified atom stereocenters. The van der Waals surface area contributed by atoms with Crippen LogP contribution in [-0.2, 0) is 35.1 Å². The van der Waals surface area contributed by atoms with E-state index in [9.17, 15) is 43.7 Å². The maximum Gasteiger partial charge on any atom is 0.298 e. The van der Waals surface area contributed by atoms with Crippen LogP contribution in [0.1, 0.15) is 0 Å². The highest BCUT2D eigenvalue weighted by atomic mass is 32.2. The van der Waals surface area contributed by atoms with Crippen molar-refractivity contribution in [3.8, 4) is 5.75 Å². The van der Waals surface area contributed by atoms with Gasteiger partial charge in [0, 0.05) is 34.6 Å². The molecule has 1 amide bonds. The van der Waals surface area contributed by atoms with Crippen LogP contribution >= 0.6 is 0 Å². The number of carbonyl (C=O) groups is 1. The Morgan fingerprint density at radius 2 is 1.31 bits per heavy atom. The molecule has 0 saturated carbocycles. The number of carbonyl (C=O) groups excluding carboxylic acids is 1. The summed E-state index contributed by atoms with van der Waals surface area (Å²) in [4.78, 5) is 9.34. The molecule has 4 aromatic carbocycles. The molecule has 0 aliphatic carbocycles. The van der Waals surface area contributed by atoms with Crippen molar-refractivity contribution in [3.63, 3.8) is 0 Å². The van der Waals surface area contributed by atoms with E-state index in [1.165, 1.54) is 18.2 Å². The van der Waals surface area contributed by atoms with E-state index < -0.39 is 63.3 Å². The van der Waals surface area contributed by atoms with Crippen molar-refractivity contribution < 1.29 is 48.4 Å². The summed E-state index contributed by atoms with van der Waals surface area (Å²) in [5.41, 5.74) is 5.29. The first-order chi connectivity index (χ1) is 16.7. The summed E-state index contributed by atoms with van der Waals surface area (Å²) in [5.74, 6) is -1.81. The van der Waals surface area contributed by atoms with Crippen molar-refractivity contribution in [2.45, 2.75) is 14.7 Å². The highest BCUT2D eigenvalue weighted by Gasteiger charge is 2.33. The summed E-state index contributed by atoms with van der Waals surface area (Å²) in [5, 5.41) is 1.87. The topological polar surface area (TPSA) is 227 Å². The lowest BCUT2D eigenvalue weighted by molar-refractivity contribution is -0.123. The van der Waals surface area contributed by atoms with Gasteiger partial charge in [-0.3, -0.25) is 18.5 Å². The predicted molar refractivity (Wildman–Crippen MR) is 127 cm³/mol. The number of rotatable bonds is 8. The fourth-order valence-corrected chi connectivity index (χ4v) is 6.56. The lowest BCUT2D eigenvalue weighted by atomic mass is 9.94. The van der Waals surface area contributed by atoms with Gasteiger partial charge in [0.1, 0.15) is 14.7 Å². The van der Waals surface area contributed by atoms with Crippen molar-refractivity contribution in [2.24, 2.45) is 5.73 Å². The molecule has 0 fully saturated rings. The molecule has 0 saturated heterocycles. The SMILES string of the molecule is NCCNC(=O)COc1c(S(=O)(=O)O)c2ccc3ccc(S(=O)(=O)O)c4ccc(c1S(=O)(=O)O)c2c34. The molecule has 36 heavy (non-hydrogen) atoms. The Hall–Kier alpha value is -3.12. The number of ether oxygens (including phenoxy) is 1. The largest absolute Gasteiger partial charge is 0.481 e. The fourth-order valence-electron chi connectivity index (χ4n) is 4.12. The molecule has 0 aliphatic heterocycles. The van der Waals surface area contributed by atoms with Crippen LogP contribution in [0.25, 0.3) is 32.3 Å². The Morgan fingerprint density at radius 3 is 1.83 bits per heavy atom. The van der Waals surface area contributed by atoms with Crippen LogP contribution in [0.4, 0.5) is 0 Å². The minimum Gasteiger partial charge on any atom is -0.481 e. The second-order valence-corrected chi connectivity index (χ2v) is 11.8. The van der Waals surface area contributed by atoms with Crippen LogP contribution in [0.2, 0.25) is 0 Å². The molecule has 0 heterocycles. The smallest absolute Gasteiger partial charge is 0.298 e. The summed E-state index contributed by atoms with van der Waals surface area (Å²) in [6.45, 7) is -0.787. The molecule has 0 radical (unpaired) electrons. The van der Waals surface area contributed by atoms with Crippen molar-refractivity contribution in [2.75, 3.05) is 19.7 Å². The Balaban J connectivity index is 2.21. The molecular weight excluding hydrogens is 540 g/mol. The number of hydrogen-bond acceptors (Lipinski definition) is 9. The van der Waals surface area contributed by atoms with Crippen LogP contribution in [0.15, 0.2) is 51.1 Å². The van der Waals surface area contributed by atoms with E-state index in [2.05, 4.69) is 5.32 Å². The summed E-state index contributed by atoms with van der Waals surface area (Å²) in [6.07, 6.45) is 0. The molecule has 6 N–H and O–H groups in total. The van der Waals surface area contributed by atoms with Crippen molar-refractivity contribution in [1.82, 2.24) is 5.32 Å². The lowest BCUT2D eigenvalue weighted by Gasteiger charge is -2.20.